The molecule has 2 aromatic carbocycles. The molecule has 0 aromatic heterocycles. The zero-order valence-corrected chi connectivity index (χ0v) is 24.7. The number of rotatable bonds is 9. The number of ketones is 1. The highest BCUT2D eigenvalue weighted by Crippen LogP contribution is 2.46. The zero-order chi connectivity index (χ0) is 28.3. The van der Waals surface area contributed by atoms with Crippen LogP contribution >= 0.6 is 0 Å². The predicted molar refractivity (Wildman–Crippen MR) is 156 cm³/mol. The Bertz CT molecular complexity index is 1130. The van der Waals surface area contributed by atoms with Crippen LogP contribution in [0.1, 0.15) is 80.3 Å². The third kappa shape index (κ3) is 6.90. The normalized spacial score (nSPS) is 23.5. The van der Waals surface area contributed by atoms with Crippen molar-refractivity contribution in [3.8, 4) is 5.75 Å². The summed E-state index contributed by atoms with van der Waals surface area (Å²) in [5.41, 5.74) is 2.19. The first kappa shape index (κ1) is 29.7. The van der Waals surface area contributed by atoms with Crippen molar-refractivity contribution < 1.29 is 14.3 Å². The first-order valence-corrected chi connectivity index (χ1v) is 14.6. The molecule has 0 amide bonds. The SMILES string of the molecule is Cc1c(F)cccc1[C@@H]1[C](CCCCN(C)C)CN(N2CCC[C@@H]2C(C)(C)C)C[C@@H]1C(=O)c1cccc(O)c1. The number of benzene rings is 2. The maximum absolute atomic E-state index is 14.9. The van der Waals surface area contributed by atoms with Crippen molar-refractivity contribution in [2.24, 2.45) is 11.3 Å². The van der Waals surface area contributed by atoms with E-state index < -0.39 is 0 Å². The van der Waals surface area contributed by atoms with Crippen LogP contribution in [-0.2, 0) is 0 Å². The van der Waals surface area contributed by atoms with Crippen LogP contribution in [0.4, 0.5) is 4.39 Å². The summed E-state index contributed by atoms with van der Waals surface area (Å²) in [5, 5.41) is 15.1. The molecule has 1 radical (unpaired) electrons. The summed E-state index contributed by atoms with van der Waals surface area (Å²) in [7, 11) is 4.19. The van der Waals surface area contributed by atoms with E-state index >= 15 is 0 Å². The maximum atomic E-state index is 14.9. The number of phenolic OH excluding ortho intramolecular Hbond substituents is 1. The van der Waals surface area contributed by atoms with E-state index in [0.717, 1.165) is 57.3 Å². The molecule has 213 valence electrons. The van der Waals surface area contributed by atoms with Crippen LogP contribution in [0.15, 0.2) is 42.5 Å². The van der Waals surface area contributed by atoms with Gasteiger partial charge in [0.1, 0.15) is 11.6 Å². The molecule has 0 unspecified atom stereocenters. The second-order valence-electron chi connectivity index (χ2n) is 12.9. The third-order valence-corrected chi connectivity index (χ3v) is 8.69. The summed E-state index contributed by atoms with van der Waals surface area (Å²) in [4.78, 5) is 16.5. The second kappa shape index (κ2) is 12.5. The van der Waals surface area contributed by atoms with Crippen molar-refractivity contribution in [1.29, 1.82) is 0 Å². The van der Waals surface area contributed by atoms with E-state index in [9.17, 15) is 14.3 Å². The minimum absolute atomic E-state index is 0.0153. The number of hydrazine groups is 1. The second-order valence-corrected chi connectivity index (χ2v) is 12.9. The van der Waals surface area contributed by atoms with E-state index in [1.165, 1.54) is 12.0 Å². The summed E-state index contributed by atoms with van der Waals surface area (Å²) in [6.45, 7) is 12.1. The van der Waals surface area contributed by atoms with Crippen molar-refractivity contribution in [1.82, 2.24) is 14.9 Å². The van der Waals surface area contributed by atoms with Gasteiger partial charge in [0.2, 0.25) is 0 Å². The van der Waals surface area contributed by atoms with Crippen molar-refractivity contribution in [2.45, 2.75) is 71.8 Å². The van der Waals surface area contributed by atoms with Crippen LogP contribution in [0.3, 0.4) is 0 Å². The number of Topliss-reactive ketones (excluding diaryl/α,β-unsaturated/α-hetero) is 1. The Morgan fingerprint density at radius 2 is 1.87 bits per heavy atom. The van der Waals surface area contributed by atoms with Crippen LogP contribution in [0, 0.1) is 30.0 Å². The van der Waals surface area contributed by atoms with Crippen molar-refractivity contribution in [3.63, 3.8) is 0 Å². The first-order chi connectivity index (χ1) is 18.5. The highest BCUT2D eigenvalue weighted by Gasteiger charge is 2.46. The predicted octanol–water partition coefficient (Wildman–Crippen LogP) is 6.47. The molecule has 0 bridgehead atoms. The number of unbranched alkanes of at least 4 members (excludes halogenated alkanes) is 1. The van der Waals surface area contributed by atoms with Crippen LogP contribution in [-0.4, -0.2) is 72.1 Å². The maximum Gasteiger partial charge on any atom is 0.168 e. The van der Waals surface area contributed by atoms with E-state index in [0.29, 0.717) is 23.7 Å². The molecule has 2 saturated heterocycles. The minimum atomic E-state index is -0.369. The lowest BCUT2D eigenvalue weighted by Gasteiger charge is -2.50. The fourth-order valence-electron chi connectivity index (χ4n) is 6.70. The van der Waals surface area contributed by atoms with Gasteiger partial charge in [-0.1, -0.05) is 51.5 Å². The highest BCUT2D eigenvalue weighted by atomic mass is 19.1. The van der Waals surface area contributed by atoms with Gasteiger partial charge in [0.15, 0.2) is 5.78 Å². The molecule has 3 atom stereocenters. The van der Waals surface area contributed by atoms with Gasteiger partial charge in [-0.15, -0.1) is 0 Å². The molecule has 39 heavy (non-hydrogen) atoms. The van der Waals surface area contributed by atoms with Gasteiger partial charge in [0.05, 0.1) is 0 Å². The molecule has 5 nitrogen and oxygen atoms in total. The standard InChI is InChI=1S/C33H47FN3O2/c1-23-27(15-10-16-29(23)34)31-25(12-7-8-18-35(5)6)21-36(37-19-11-17-30(37)33(2,3)4)22-28(31)32(39)24-13-9-14-26(38)20-24/h9-10,13-16,20,28,30-31,38H,7-8,11-12,17-19,21-22H2,1-6H3/t28-,30+,31-/m0/s1. The lowest BCUT2D eigenvalue weighted by atomic mass is 9.68. The Hall–Kier alpha value is -2.28. The average Bonchev–Trinajstić information content (AvgIpc) is 3.38. The van der Waals surface area contributed by atoms with Gasteiger partial charge in [-0.2, -0.15) is 0 Å². The number of halogens is 1. The summed E-state index contributed by atoms with van der Waals surface area (Å²) in [6, 6.07) is 12.4. The summed E-state index contributed by atoms with van der Waals surface area (Å²) in [5.74, 6) is 0.659. The molecule has 2 aliphatic heterocycles. The third-order valence-electron chi connectivity index (χ3n) is 8.69. The van der Waals surface area contributed by atoms with Gasteiger partial charge in [-0.3, -0.25) is 4.79 Å². The Morgan fingerprint density at radius 1 is 1.13 bits per heavy atom. The molecule has 6 heteroatoms. The summed E-state index contributed by atoms with van der Waals surface area (Å²) >= 11 is 0. The number of aromatic hydroxyl groups is 1. The van der Waals surface area contributed by atoms with Crippen LogP contribution in [0.2, 0.25) is 0 Å². The van der Waals surface area contributed by atoms with E-state index in [-0.39, 0.29) is 34.6 Å². The topological polar surface area (TPSA) is 47.0 Å². The van der Waals surface area contributed by atoms with Crippen molar-refractivity contribution in [2.75, 3.05) is 40.3 Å². The molecular formula is C33H47FN3O2. The largest absolute Gasteiger partial charge is 0.508 e. The Morgan fingerprint density at radius 3 is 2.56 bits per heavy atom. The molecule has 0 spiro atoms. The number of carbonyl (C=O) groups is 1. The molecule has 2 aliphatic rings. The zero-order valence-electron chi connectivity index (χ0n) is 24.7. The van der Waals surface area contributed by atoms with Crippen LogP contribution in [0.25, 0.3) is 0 Å². The molecule has 1 N–H and O–H groups in total. The highest BCUT2D eigenvalue weighted by molar-refractivity contribution is 5.99. The smallest absolute Gasteiger partial charge is 0.168 e. The number of hydrogen-bond donors (Lipinski definition) is 1. The van der Waals surface area contributed by atoms with Gasteiger partial charge in [0, 0.05) is 43.1 Å². The van der Waals surface area contributed by atoms with Gasteiger partial charge in [-0.05, 0) is 93.9 Å². The van der Waals surface area contributed by atoms with Gasteiger partial charge in [-0.25, -0.2) is 14.4 Å². The Balaban J connectivity index is 1.75. The van der Waals surface area contributed by atoms with Crippen LogP contribution in [0.5, 0.6) is 5.75 Å². The molecule has 4 rings (SSSR count). The average molecular weight is 537 g/mol. The number of nitrogens with zero attached hydrogens (tertiary/aromatic N) is 3. The number of carbonyl (C=O) groups excluding carboxylic acids is 1. The van der Waals surface area contributed by atoms with Crippen molar-refractivity contribution in [3.05, 3.63) is 70.9 Å². The first-order valence-electron chi connectivity index (χ1n) is 14.6. The fourth-order valence-corrected chi connectivity index (χ4v) is 6.70. The molecular weight excluding hydrogens is 489 g/mol. The van der Waals surface area contributed by atoms with E-state index in [1.807, 2.05) is 13.0 Å². The summed E-state index contributed by atoms with van der Waals surface area (Å²) in [6.07, 6.45) is 5.31. The van der Waals surface area contributed by atoms with Gasteiger partial charge >= 0.3 is 0 Å². The van der Waals surface area contributed by atoms with E-state index in [2.05, 4.69) is 49.8 Å². The number of phenols is 1. The van der Waals surface area contributed by atoms with Gasteiger partial charge in [0.25, 0.3) is 0 Å². The lowest BCUT2D eigenvalue weighted by Crippen LogP contribution is -2.57. The molecule has 2 fully saturated rings. The quantitative estimate of drug-likeness (QED) is 0.294. The monoisotopic (exact) mass is 536 g/mol. The Kier molecular flexibility index (Phi) is 9.51. The molecule has 2 heterocycles. The van der Waals surface area contributed by atoms with E-state index in [4.69, 9.17) is 0 Å². The Labute approximate surface area is 235 Å². The molecule has 0 saturated carbocycles. The fraction of sp³-hybridized carbons (Fsp3) is 0.576. The summed E-state index contributed by atoms with van der Waals surface area (Å²) < 4.78 is 14.9. The van der Waals surface area contributed by atoms with Crippen molar-refractivity contribution >= 4 is 5.78 Å². The van der Waals surface area contributed by atoms with E-state index in [1.54, 1.807) is 30.3 Å². The number of piperidine rings is 1. The lowest BCUT2D eigenvalue weighted by molar-refractivity contribution is -0.0848. The minimum Gasteiger partial charge on any atom is -0.508 e. The number of hydrogen-bond acceptors (Lipinski definition) is 5. The molecule has 0 aliphatic carbocycles. The van der Waals surface area contributed by atoms with Gasteiger partial charge < -0.3 is 10.0 Å². The van der Waals surface area contributed by atoms with Crippen LogP contribution < -0.4 is 0 Å². The molecule has 2 aromatic rings.